The number of aryl methyl sites for hydroxylation is 2. The van der Waals surface area contributed by atoms with Gasteiger partial charge < -0.3 is 10.4 Å². The monoisotopic (exact) mass is 289 g/mol. The molecule has 1 aromatic rings. The van der Waals surface area contributed by atoms with Gasteiger partial charge in [0.15, 0.2) is 9.84 Å². The van der Waals surface area contributed by atoms with E-state index in [4.69, 9.17) is 5.11 Å². The lowest BCUT2D eigenvalue weighted by Gasteiger charge is -2.23. The number of anilines is 1. The molecule has 0 fully saturated rings. The smallest absolute Gasteiger partial charge is 0.341 e. The molecule has 0 saturated heterocycles. The number of hydrogen-bond acceptors (Lipinski definition) is 5. The summed E-state index contributed by atoms with van der Waals surface area (Å²) in [5.74, 6) is -0.785. The van der Waals surface area contributed by atoms with Crippen LogP contribution in [0.5, 0.6) is 0 Å². The molecular formula is C11H19N3O4S. The molecule has 0 atom stereocenters. The second kappa shape index (κ2) is 4.84. The van der Waals surface area contributed by atoms with E-state index in [0.29, 0.717) is 11.5 Å². The van der Waals surface area contributed by atoms with Gasteiger partial charge in [0, 0.05) is 19.8 Å². The summed E-state index contributed by atoms with van der Waals surface area (Å²) in [7, 11) is -1.64. The molecule has 0 aliphatic carbocycles. The molecule has 19 heavy (non-hydrogen) atoms. The van der Waals surface area contributed by atoms with Crippen LogP contribution >= 0.6 is 0 Å². The molecule has 1 rings (SSSR count). The largest absolute Gasteiger partial charge is 0.477 e. The Morgan fingerprint density at radius 3 is 2.42 bits per heavy atom. The minimum Gasteiger partial charge on any atom is -0.477 e. The zero-order valence-corrected chi connectivity index (χ0v) is 12.5. The lowest BCUT2D eigenvalue weighted by molar-refractivity contribution is 0.0697. The summed E-state index contributed by atoms with van der Waals surface area (Å²) in [6.07, 6.45) is 1.15. The zero-order chi connectivity index (χ0) is 15.0. The maximum absolute atomic E-state index is 11.6. The molecule has 0 aliphatic heterocycles. The average molecular weight is 289 g/mol. The quantitative estimate of drug-likeness (QED) is 0.826. The van der Waals surface area contributed by atoms with Gasteiger partial charge in [-0.05, 0) is 20.8 Å². The number of aromatic nitrogens is 2. The Morgan fingerprint density at radius 1 is 1.47 bits per heavy atom. The first-order valence-electron chi connectivity index (χ1n) is 5.67. The van der Waals surface area contributed by atoms with E-state index in [1.165, 1.54) is 4.68 Å². The zero-order valence-electron chi connectivity index (χ0n) is 11.7. The molecule has 2 N–H and O–H groups in total. The predicted molar refractivity (Wildman–Crippen MR) is 72.3 cm³/mol. The van der Waals surface area contributed by atoms with Crippen LogP contribution in [0.25, 0.3) is 0 Å². The fourth-order valence-corrected chi connectivity index (χ4v) is 1.88. The lowest BCUT2D eigenvalue weighted by Crippen LogP contribution is -2.38. The maximum atomic E-state index is 11.6. The number of sulfone groups is 1. The third-order valence-electron chi connectivity index (χ3n) is 3.12. The summed E-state index contributed by atoms with van der Waals surface area (Å²) in [5.41, 5.74) is 0.446. The molecule has 1 heterocycles. The number of carboxylic acids is 1. The Labute approximate surface area is 112 Å². The van der Waals surface area contributed by atoms with Crippen LogP contribution in [0.4, 0.5) is 5.82 Å². The number of hydrogen-bond donors (Lipinski definition) is 2. The van der Waals surface area contributed by atoms with Crippen molar-refractivity contribution in [1.82, 2.24) is 9.78 Å². The molecule has 1 aromatic heterocycles. The molecule has 0 spiro atoms. The van der Waals surface area contributed by atoms with E-state index < -0.39 is 20.6 Å². The van der Waals surface area contributed by atoms with E-state index in [9.17, 15) is 13.2 Å². The highest BCUT2D eigenvalue weighted by molar-refractivity contribution is 7.92. The molecule has 0 unspecified atom stereocenters. The molecule has 108 valence electrons. The van der Waals surface area contributed by atoms with Crippen molar-refractivity contribution in [3.63, 3.8) is 0 Å². The molecule has 0 bridgehead atoms. The summed E-state index contributed by atoms with van der Waals surface area (Å²) in [6.45, 7) is 4.86. The van der Waals surface area contributed by atoms with Crippen molar-refractivity contribution in [2.24, 2.45) is 7.05 Å². The molecule has 0 amide bonds. The van der Waals surface area contributed by atoms with Crippen LogP contribution < -0.4 is 5.32 Å². The third-order valence-corrected chi connectivity index (χ3v) is 5.27. The van der Waals surface area contributed by atoms with E-state index in [2.05, 4.69) is 10.4 Å². The SMILES string of the molecule is Cc1nn(C)c(NCC(C)(C)S(C)(=O)=O)c1C(=O)O. The normalized spacial score (nSPS) is 12.5. The minimum atomic E-state index is -3.25. The first kappa shape index (κ1) is 15.5. The van der Waals surface area contributed by atoms with Crippen LogP contribution in [0.3, 0.4) is 0 Å². The van der Waals surface area contributed by atoms with Gasteiger partial charge in [0.2, 0.25) is 0 Å². The Hall–Kier alpha value is -1.57. The molecule has 0 radical (unpaired) electrons. The average Bonchev–Trinajstić information content (AvgIpc) is 2.48. The van der Waals surface area contributed by atoms with Crippen molar-refractivity contribution in [1.29, 1.82) is 0 Å². The standard InChI is InChI=1S/C11H19N3O4S/c1-7-8(10(15)16)9(14(4)13-7)12-6-11(2,3)19(5,17)18/h12H,6H2,1-5H3,(H,15,16). The van der Waals surface area contributed by atoms with Gasteiger partial charge in [-0.2, -0.15) is 5.10 Å². The predicted octanol–water partition coefficient (Wildman–Crippen LogP) is 0.662. The fraction of sp³-hybridized carbons (Fsp3) is 0.636. The van der Waals surface area contributed by atoms with Gasteiger partial charge in [-0.1, -0.05) is 0 Å². The first-order chi connectivity index (χ1) is 8.47. The number of nitrogens with zero attached hydrogens (tertiary/aromatic N) is 2. The number of rotatable bonds is 5. The topological polar surface area (TPSA) is 101 Å². The Bertz CT molecular complexity index is 602. The van der Waals surface area contributed by atoms with E-state index in [1.54, 1.807) is 27.8 Å². The van der Waals surface area contributed by atoms with Gasteiger partial charge in [0.05, 0.1) is 10.4 Å². The van der Waals surface area contributed by atoms with E-state index in [1.807, 2.05) is 0 Å². The third kappa shape index (κ3) is 3.06. The highest BCUT2D eigenvalue weighted by Crippen LogP contribution is 2.21. The Balaban J connectivity index is 3.06. The van der Waals surface area contributed by atoms with Crippen LogP contribution in [-0.2, 0) is 16.9 Å². The first-order valence-corrected chi connectivity index (χ1v) is 7.57. The number of carbonyl (C=O) groups is 1. The second-order valence-corrected chi connectivity index (χ2v) is 7.77. The summed E-state index contributed by atoms with van der Waals surface area (Å²) >= 11 is 0. The Kier molecular flexibility index (Phi) is 3.94. The van der Waals surface area contributed by atoms with Gasteiger partial charge in [-0.15, -0.1) is 0 Å². The summed E-state index contributed by atoms with van der Waals surface area (Å²) in [6, 6.07) is 0. The fourth-order valence-electron chi connectivity index (χ4n) is 1.54. The van der Waals surface area contributed by atoms with Crippen molar-refractivity contribution < 1.29 is 18.3 Å². The molecule has 8 heteroatoms. The maximum Gasteiger partial charge on any atom is 0.341 e. The van der Waals surface area contributed by atoms with Crippen LogP contribution in [-0.4, -0.2) is 46.8 Å². The lowest BCUT2D eigenvalue weighted by atomic mass is 10.2. The number of carboxylic acid groups (broad SMARTS) is 1. The van der Waals surface area contributed by atoms with Crippen LogP contribution in [0, 0.1) is 6.92 Å². The van der Waals surface area contributed by atoms with Crippen molar-refractivity contribution in [2.45, 2.75) is 25.5 Å². The van der Waals surface area contributed by atoms with Gasteiger partial charge in [0.25, 0.3) is 0 Å². The van der Waals surface area contributed by atoms with Crippen LogP contribution in [0.1, 0.15) is 29.9 Å². The van der Waals surface area contributed by atoms with Gasteiger partial charge >= 0.3 is 5.97 Å². The van der Waals surface area contributed by atoms with E-state index in [0.717, 1.165) is 6.26 Å². The van der Waals surface area contributed by atoms with E-state index in [-0.39, 0.29) is 12.1 Å². The van der Waals surface area contributed by atoms with Gasteiger partial charge in [0.1, 0.15) is 11.4 Å². The van der Waals surface area contributed by atoms with Crippen molar-refractivity contribution in [3.8, 4) is 0 Å². The summed E-state index contributed by atoms with van der Waals surface area (Å²) in [5, 5.41) is 16.0. The molecule has 0 aromatic carbocycles. The molecule has 0 saturated carbocycles. The van der Waals surface area contributed by atoms with Gasteiger partial charge in [-0.25, -0.2) is 13.2 Å². The second-order valence-electron chi connectivity index (χ2n) is 5.12. The number of nitrogens with one attached hydrogen (secondary N) is 1. The molecule has 7 nitrogen and oxygen atoms in total. The summed E-state index contributed by atoms with van der Waals surface area (Å²) < 4.78 is 23.6. The number of aromatic carboxylic acids is 1. The van der Waals surface area contributed by atoms with Crippen molar-refractivity contribution in [2.75, 3.05) is 18.1 Å². The van der Waals surface area contributed by atoms with Crippen LogP contribution in [0.2, 0.25) is 0 Å². The van der Waals surface area contributed by atoms with Crippen LogP contribution in [0.15, 0.2) is 0 Å². The van der Waals surface area contributed by atoms with E-state index >= 15 is 0 Å². The van der Waals surface area contributed by atoms with Gasteiger partial charge in [-0.3, -0.25) is 4.68 Å². The Morgan fingerprint density at radius 2 is 2.00 bits per heavy atom. The molecular weight excluding hydrogens is 270 g/mol. The minimum absolute atomic E-state index is 0.0619. The molecule has 0 aliphatic rings. The summed E-state index contributed by atoms with van der Waals surface area (Å²) in [4.78, 5) is 11.2. The van der Waals surface area contributed by atoms with Crippen molar-refractivity contribution >= 4 is 21.6 Å². The highest BCUT2D eigenvalue weighted by atomic mass is 32.2. The van der Waals surface area contributed by atoms with Crippen molar-refractivity contribution in [3.05, 3.63) is 11.3 Å². The highest BCUT2D eigenvalue weighted by Gasteiger charge is 2.31.